The predicted molar refractivity (Wildman–Crippen MR) is 58.9 cm³/mol. The summed E-state index contributed by atoms with van der Waals surface area (Å²) in [5.74, 6) is 0. The van der Waals surface area contributed by atoms with Gasteiger partial charge in [-0.1, -0.05) is 24.3 Å². The lowest BCUT2D eigenvalue weighted by Crippen LogP contribution is -1.91. The highest BCUT2D eigenvalue weighted by atomic mass is 14.6. The minimum atomic E-state index is 1.04. The van der Waals surface area contributed by atoms with E-state index < -0.39 is 0 Å². The van der Waals surface area contributed by atoms with E-state index in [1.807, 2.05) is 6.08 Å². The molecule has 0 radical (unpaired) electrons. The number of rotatable bonds is 3. The minimum Gasteiger partial charge on any atom is -0.272 e. The Kier molecular flexibility index (Phi) is 3.44. The number of allylic oxidation sites excluding steroid dienone is 6. The van der Waals surface area contributed by atoms with Gasteiger partial charge in [-0.2, -0.15) is 0 Å². The van der Waals surface area contributed by atoms with Crippen LogP contribution >= 0.6 is 0 Å². The molecule has 0 atom stereocenters. The largest absolute Gasteiger partial charge is 0.272 e. The molecule has 1 aliphatic carbocycles. The van der Waals surface area contributed by atoms with Crippen molar-refractivity contribution >= 4 is 6.72 Å². The normalized spacial score (nSPS) is 16.7. The number of nitrogens with zero attached hydrogens (tertiary/aromatic N) is 1. The summed E-state index contributed by atoms with van der Waals surface area (Å²) in [4.78, 5) is 3.66. The first-order valence-electron chi connectivity index (χ1n) is 4.43. The Labute approximate surface area is 79.9 Å². The third kappa shape index (κ3) is 2.86. The van der Waals surface area contributed by atoms with E-state index in [2.05, 4.69) is 37.4 Å². The van der Waals surface area contributed by atoms with E-state index in [0.29, 0.717) is 0 Å². The smallest absolute Gasteiger partial charge is 0.0266 e. The molecule has 0 amide bonds. The average molecular weight is 173 g/mol. The molecule has 0 aliphatic heterocycles. The van der Waals surface area contributed by atoms with Gasteiger partial charge in [-0.05, 0) is 43.7 Å². The molecule has 1 heteroatoms. The van der Waals surface area contributed by atoms with E-state index in [0.717, 1.165) is 18.4 Å². The zero-order chi connectivity index (χ0) is 9.68. The van der Waals surface area contributed by atoms with Crippen molar-refractivity contribution in [3.8, 4) is 0 Å². The lowest BCUT2D eigenvalue weighted by Gasteiger charge is -2.11. The molecule has 0 saturated heterocycles. The summed E-state index contributed by atoms with van der Waals surface area (Å²) < 4.78 is 0. The highest BCUT2D eigenvalue weighted by molar-refractivity contribution is 5.43. The summed E-state index contributed by atoms with van der Waals surface area (Å²) in [6.45, 7) is 9.48. The Morgan fingerprint density at radius 1 is 1.62 bits per heavy atom. The van der Waals surface area contributed by atoms with Crippen LogP contribution < -0.4 is 0 Å². The van der Waals surface area contributed by atoms with Crippen LogP contribution in [0, 0.1) is 0 Å². The summed E-state index contributed by atoms with van der Waals surface area (Å²) in [6.07, 6.45) is 10.2. The Hall–Kier alpha value is -1.37. The van der Waals surface area contributed by atoms with E-state index in [1.165, 1.54) is 11.1 Å². The molecule has 0 spiro atoms. The first-order valence-corrected chi connectivity index (χ1v) is 4.43. The Balaban J connectivity index is 2.72. The molecule has 0 aromatic rings. The van der Waals surface area contributed by atoms with E-state index in [-0.39, 0.29) is 0 Å². The van der Waals surface area contributed by atoms with Crippen LogP contribution in [0.3, 0.4) is 0 Å². The van der Waals surface area contributed by atoms with Crippen molar-refractivity contribution in [2.75, 3.05) is 0 Å². The summed E-state index contributed by atoms with van der Waals surface area (Å²) in [5.41, 5.74) is 3.67. The average Bonchev–Trinajstić information content (AvgIpc) is 2.14. The monoisotopic (exact) mass is 173 g/mol. The quantitative estimate of drug-likeness (QED) is 0.458. The fourth-order valence-corrected chi connectivity index (χ4v) is 1.36. The lowest BCUT2D eigenvalue weighted by molar-refractivity contribution is 0.962. The summed E-state index contributed by atoms with van der Waals surface area (Å²) in [6, 6.07) is 0. The standard InChI is InChI=1S/C12H15N/c1-10-5-4-6-12(9-10)11(2)7-8-13-3/h5,7-9H,2-4,6H2,1H3/b8-7-. The molecule has 1 nitrogen and oxygen atoms in total. The van der Waals surface area contributed by atoms with Crippen molar-refractivity contribution in [1.82, 2.24) is 0 Å². The predicted octanol–water partition coefficient (Wildman–Crippen LogP) is 3.42. The van der Waals surface area contributed by atoms with Crippen molar-refractivity contribution in [3.05, 3.63) is 47.7 Å². The second-order valence-electron chi connectivity index (χ2n) is 3.18. The molecule has 0 bridgehead atoms. The van der Waals surface area contributed by atoms with Crippen molar-refractivity contribution in [1.29, 1.82) is 0 Å². The molecule has 1 aliphatic rings. The molecule has 0 heterocycles. The maximum atomic E-state index is 3.98. The van der Waals surface area contributed by atoms with Crippen molar-refractivity contribution in [2.24, 2.45) is 4.99 Å². The zero-order valence-corrected chi connectivity index (χ0v) is 8.09. The van der Waals surface area contributed by atoms with Gasteiger partial charge >= 0.3 is 0 Å². The van der Waals surface area contributed by atoms with E-state index in [1.54, 1.807) is 6.20 Å². The zero-order valence-electron chi connectivity index (χ0n) is 8.09. The Morgan fingerprint density at radius 2 is 2.38 bits per heavy atom. The maximum Gasteiger partial charge on any atom is 0.0266 e. The second-order valence-corrected chi connectivity index (χ2v) is 3.18. The Bertz CT molecular complexity index is 303. The van der Waals surface area contributed by atoms with Gasteiger partial charge in [-0.3, -0.25) is 4.99 Å². The first-order chi connectivity index (χ1) is 6.24. The van der Waals surface area contributed by atoms with Crippen LogP contribution in [0.4, 0.5) is 0 Å². The van der Waals surface area contributed by atoms with E-state index in [9.17, 15) is 0 Å². The minimum absolute atomic E-state index is 1.04. The highest BCUT2D eigenvalue weighted by Crippen LogP contribution is 2.22. The van der Waals surface area contributed by atoms with Crippen LogP contribution in [0.15, 0.2) is 52.7 Å². The topological polar surface area (TPSA) is 12.4 Å². The van der Waals surface area contributed by atoms with Gasteiger partial charge in [-0.25, -0.2) is 0 Å². The van der Waals surface area contributed by atoms with Gasteiger partial charge in [0.25, 0.3) is 0 Å². The van der Waals surface area contributed by atoms with Crippen LogP contribution in [0.25, 0.3) is 0 Å². The summed E-state index contributed by atoms with van der Waals surface area (Å²) >= 11 is 0. The molecule has 0 aromatic heterocycles. The van der Waals surface area contributed by atoms with Gasteiger partial charge in [0.2, 0.25) is 0 Å². The molecule has 68 valence electrons. The molecule has 0 saturated carbocycles. The third-order valence-corrected chi connectivity index (χ3v) is 2.08. The molecular weight excluding hydrogens is 158 g/mol. The van der Waals surface area contributed by atoms with Crippen LogP contribution in [0.5, 0.6) is 0 Å². The molecule has 0 N–H and O–H groups in total. The van der Waals surface area contributed by atoms with Gasteiger partial charge in [0.15, 0.2) is 0 Å². The second kappa shape index (κ2) is 4.61. The molecule has 0 unspecified atom stereocenters. The van der Waals surface area contributed by atoms with Gasteiger partial charge in [0.1, 0.15) is 0 Å². The van der Waals surface area contributed by atoms with Gasteiger partial charge in [0.05, 0.1) is 0 Å². The van der Waals surface area contributed by atoms with Crippen molar-refractivity contribution in [2.45, 2.75) is 19.8 Å². The number of aliphatic imine (C=N–C) groups is 1. The van der Waals surface area contributed by atoms with E-state index in [4.69, 9.17) is 0 Å². The highest BCUT2D eigenvalue weighted by Gasteiger charge is 2.03. The number of hydrogen-bond donors (Lipinski definition) is 0. The van der Waals surface area contributed by atoms with Gasteiger partial charge < -0.3 is 0 Å². The van der Waals surface area contributed by atoms with E-state index >= 15 is 0 Å². The van der Waals surface area contributed by atoms with Crippen molar-refractivity contribution in [3.63, 3.8) is 0 Å². The van der Waals surface area contributed by atoms with Crippen LogP contribution in [-0.4, -0.2) is 6.72 Å². The fourth-order valence-electron chi connectivity index (χ4n) is 1.36. The molecule has 0 aromatic carbocycles. The molecule has 13 heavy (non-hydrogen) atoms. The maximum absolute atomic E-state index is 3.98. The molecule has 1 rings (SSSR count). The Morgan fingerprint density at radius 3 is 3.00 bits per heavy atom. The van der Waals surface area contributed by atoms with Gasteiger partial charge in [0, 0.05) is 6.20 Å². The van der Waals surface area contributed by atoms with Gasteiger partial charge in [-0.15, -0.1) is 0 Å². The van der Waals surface area contributed by atoms with Crippen LogP contribution in [0.2, 0.25) is 0 Å². The fraction of sp³-hybridized carbons (Fsp3) is 0.250. The lowest BCUT2D eigenvalue weighted by atomic mass is 9.95. The SMILES string of the molecule is C=N/C=C\C(=C)C1=CC(C)=CCC1. The summed E-state index contributed by atoms with van der Waals surface area (Å²) in [5, 5.41) is 0. The van der Waals surface area contributed by atoms with Crippen LogP contribution in [-0.2, 0) is 0 Å². The third-order valence-electron chi connectivity index (χ3n) is 2.08. The molecular formula is C12H15N. The first kappa shape index (κ1) is 9.72. The van der Waals surface area contributed by atoms with Crippen molar-refractivity contribution < 1.29 is 0 Å². The molecule has 0 fully saturated rings. The number of hydrogen-bond acceptors (Lipinski definition) is 1. The van der Waals surface area contributed by atoms with Crippen LogP contribution in [0.1, 0.15) is 19.8 Å². The summed E-state index contributed by atoms with van der Waals surface area (Å²) in [7, 11) is 0.